The van der Waals surface area contributed by atoms with Crippen molar-refractivity contribution in [1.29, 1.82) is 0 Å². The van der Waals surface area contributed by atoms with E-state index in [1.807, 2.05) is 11.8 Å². The molecule has 0 aromatic rings. The first-order valence-corrected chi connectivity index (χ1v) is 7.96. The third-order valence-electron chi connectivity index (χ3n) is 4.05. The predicted octanol–water partition coefficient (Wildman–Crippen LogP) is 1.65. The number of nitrogens with one attached hydrogen (secondary N) is 1. The molecule has 1 unspecified atom stereocenters. The summed E-state index contributed by atoms with van der Waals surface area (Å²) in [5.74, 6) is 1.77. The average molecular weight is 270 g/mol. The monoisotopic (exact) mass is 270 g/mol. The van der Waals surface area contributed by atoms with Crippen LogP contribution in [-0.2, 0) is 9.47 Å². The summed E-state index contributed by atoms with van der Waals surface area (Å²) in [6.07, 6.45) is 4.69. The van der Waals surface area contributed by atoms with E-state index in [0.29, 0.717) is 5.92 Å². The lowest BCUT2D eigenvalue weighted by Crippen LogP contribution is -2.48. The minimum absolute atomic E-state index is 0.269. The molecule has 0 aromatic heterocycles. The SMILES string of the molecule is C1COCC(CN=C2NC3(CCOCC3)CS2)C1. The van der Waals surface area contributed by atoms with Crippen molar-refractivity contribution in [2.24, 2.45) is 10.9 Å². The van der Waals surface area contributed by atoms with Crippen LogP contribution in [0.25, 0.3) is 0 Å². The number of amidine groups is 1. The molecule has 4 nitrogen and oxygen atoms in total. The highest BCUT2D eigenvalue weighted by molar-refractivity contribution is 8.14. The van der Waals surface area contributed by atoms with Crippen molar-refractivity contribution in [2.75, 3.05) is 38.7 Å². The van der Waals surface area contributed by atoms with Crippen LogP contribution in [0.2, 0.25) is 0 Å². The second-order valence-corrected chi connectivity index (χ2v) is 6.50. The van der Waals surface area contributed by atoms with Crippen molar-refractivity contribution in [1.82, 2.24) is 5.32 Å². The fourth-order valence-corrected chi connectivity index (χ4v) is 4.01. The Balaban J connectivity index is 1.51. The van der Waals surface area contributed by atoms with Gasteiger partial charge in [0.05, 0.1) is 12.1 Å². The summed E-state index contributed by atoms with van der Waals surface area (Å²) in [5.41, 5.74) is 0.269. The zero-order valence-corrected chi connectivity index (χ0v) is 11.6. The van der Waals surface area contributed by atoms with Gasteiger partial charge in [0.25, 0.3) is 0 Å². The molecule has 3 fully saturated rings. The number of nitrogens with zero attached hydrogens (tertiary/aromatic N) is 1. The van der Waals surface area contributed by atoms with E-state index in [2.05, 4.69) is 5.32 Å². The van der Waals surface area contributed by atoms with Gasteiger partial charge in [-0.3, -0.25) is 4.99 Å². The molecule has 1 atom stereocenters. The molecule has 0 amide bonds. The van der Waals surface area contributed by atoms with Crippen LogP contribution in [0.5, 0.6) is 0 Å². The number of thioether (sulfide) groups is 1. The van der Waals surface area contributed by atoms with Gasteiger partial charge in [-0.05, 0) is 25.7 Å². The second-order valence-electron chi connectivity index (χ2n) is 5.54. The summed E-state index contributed by atoms with van der Waals surface area (Å²) in [6.45, 7) is 4.51. The smallest absolute Gasteiger partial charge is 0.157 e. The van der Waals surface area contributed by atoms with E-state index in [0.717, 1.165) is 56.7 Å². The molecule has 0 aliphatic carbocycles. The van der Waals surface area contributed by atoms with E-state index >= 15 is 0 Å². The zero-order valence-electron chi connectivity index (χ0n) is 10.8. The maximum Gasteiger partial charge on any atom is 0.157 e. The average Bonchev–Trinajstić information content (AvgIpc) is 2.82. The Morgan fingerprint density at radius 2 is 2.17 bits per heavy atom. The van der Waals surface area contributed by atoms with Crippen molar-refractivity contribution in [3.63, 3.8) is 0 Å². The van der Waals surface area contributed by atoms with Crippen molar-refractivity contribution in [2.45, 2.75) is 31.2 Å². The maximum absolute atomic E-state index is 5.49. The topological polar surface area (TPSA) is 42.8 Å². The van der Waals surface area contributed by atoms with E-state index in [1.165, 1.54) is 12.8 Å². The Labute approximate surface area is 113 Å². The van der Waals surface area contributed by atoms with Gasteiger partial charge in [0.1, 0.15) is 0 Å². The van der Waals surface area contributed by atoms with Crippen molar-refractivity contribution in [3.8, 4) is 0 Å². The molecule has 0 aromatic carbocycles. The van der Waals surface area contributed by atoms with Crippen LogP contribution in [0.15, 0.2) is 4.99 Å². The van der Waals surface area contributed by atoms with Crippen LogP contribution in [0.1, 0.15) is 25.7 Å². The number of ether oxygens (including phenoxy) is 2. The van der Waals surface area contributed by atoms with Gasteiger partial charge in [-0.1, -0.05) is 11.8 Å². The summed E-state index contributed by atoms with van der Waals surface area (Å²) in [5, 5.41) is 4.78. The molecular formula is C13H22N2O2S. The van der Waals surface area contributed by atoms with Gasteiger partial charge in [-0.15, -0.1) is 0 Å². The maximum atomic E-state index is 5.49. The lowest BCUT2D eigenvalue weighted by Gasteiger charge is -2.32. The molecule has 5 heteroatoms. The van der Waals surface area contributed by atoms with Crippen LogP contribution < -0.4 is 5.32 Å². The molecule has 1 N–H and O–H groups in total. The molecule has 18 heavy (non-hydrogen) atoms. The molecule has 0 radical (unpaired) electrons. The highest BCUT2D eigenvalue weighted by Crippen LogP contribution is 2.31. The van der Waals surface area contributed by atoms with Gasteiger partial charge in [0, 0.05) is 38.0 Å². The summed E-state index contributed by atoms with van der Waals surface area (Å²) in [4.78, 5) is 4.74. The minimum atomic E-state index is 0.269. The molecule has 3 rings (SSSR count). The molecule has 3 aliphatic rings. The van der Waals surface area contributed by atoms with E-state index < -0.39 is 0 Å². The third kappa shape index (κ3) is 3.00. The summed E-state index contributed by atoms with van der Waals surface area (Å²) < 4.78 is 10.9. The van der Waals surface area contributed by atoms with Gasteiger partial charge in [0.15, 0.2) is 5.17 Å². The Hall–Kier alpha value is -0.260. The summed E-state index contributed by atoms with van der Waals surface area (Å²) in [6, 6.07) is 0. The molecule has 0 saturated carbocycles. The van der Waals surface area contributed by atoms with Gasteiger partial charge >= 0.3 is 0 Å². The quantitative estimate of drug-likeness (QED) is 0.828. The van der Waals surface area contributed by atoms with E-state index in [1.54, 1.807) is 0 Å². The minimum Gasteiger partial charge on any atom is -0.381 e. The normalized spacial score (nSPS) is 33.8. The zero-order chi connectivity index (χ0) is 12.3. The molecule has 3 heterocycles. The first-order valence-electron chi connectivity index (χ1n) is 6.97. The molecule has 102 valence electrons. The van der Waals surface area contributed by atoms with Gasteiger partial charge < -0.3 is 14.8 Å². The number of hydrogen-bond donors (Lipinski definition) is 1. The first kappa shape index (κ1) is 12.8. The standard InChI is InChI=1S/C13H22N2O2S/c1-2-11(9-17-5-1)8-14-12-15-13(10-18-12)3-6-16-7-4-13/h11H,1-10H2,(H,14,15). The van der Waals surface area contributed by atoms with Crippen molar-refractivity contribution in [3.05, 3.63) is 0 Å². The lowest BCUT2D eigenvalue weighted by atomic mass is 9.93. The fourth-order valence-electron chi connectivity index (χ4n) is 2.79. The molecule has 1 spiro atoms. The molecule has 3 aliphatic heterocycles. The van der Waals surface area contributed by atoms with Gasteiger partial charge in [-0.2, -0.15) is 0 Å². The summed E-state index contributed by atoms with van der Waals surface area (Å²) >= 11 is 1.88. The molecular weight excluding hydrogens is 248 g/mol. The number of hydrogen-bond acceptors (Lipinski definition) is 4. The Morgan fingerprint density at radius 1 is 1.28 bits per heavy atom. The fraction of sp³-hybridized carbons (Fsp3) is 0.923. The molecule has 3 saturated heterocycles. The number of aliphatic imine (C=N–C) groups is 1. The van der Waals surface area contributed by atoms with Crippen molar-refractivity contribution < 1.29 is 9.47 Å². The largest absolute Gasteiger partial charge is 0.381 e. The van der Waals surface area contributed by atoms with Crippen LogP contribution in [0, 0.1) is 5.92 Å². The first-order chi connectivity index (χ1) is 8.86. The number of rotatable bonds is 2. The second kappa shape index (κ2) is 5.80. The van der Waals surface area contributed by atoms with Crippen LogP contribution in [-0.4, -0.2) is 49.4 Å². The highest BCUT2D eigenvalue weighted by atomic mass is 32.2. The lowest BCUT2D eigenvalue weighted by molar-refractivity contribution is 0.0551. The Kier molecular flexibility index (Phi) is 4.11. The van der Waals surface area contributed by atoms with Crippen molar-refractivity contribution >= 4 is 16.9 Å². The summed E-state index contributed by atoms with van der Waals surface area (Å²) in [7, 11) is 0. The van der Waals surface area contributed by atoms with Gasteiger partial charge in [0.2, 0.25) is 0 Å². The van der Waals surface area contributed by atoms with Gasteiger partial charge in [-0.25, -0.2) is 0 Å². The third-order valence-corrected chi connectivity index (χ3v) is 5.26. The van der Waals surface area contributed by atoms with Crippen LogP contribution in [0.4, 0.5) is 0 Å². The Morgan fingerprint density at radius 3 is 2.94 bits per heavy atom. The van der Waals surface area contributed by atoms with E-state index in [9.17, 15) is 0 Å². The Bertz CT molecular complexity index is 310. The predicted molar refractivity (Wildman–Crippen MR) is 74.2 cm³/mol. The van der Waals surface area contributed by atoms with E-state index in [-0.39, 0.29) is 5.54 Å². The van der Waals surface area contributed by atoms with E-state index in [4.69, 9.17) is 14.5 Å². The highest BCUT2D eigenvalue weighted by Gasteiger charge is 2.38. The molecule has 0 bridgehead atoms. The van der Waals surface area contributed by atoms with Crippen LogP contribution in [0.3, 0.4) is 0 Å². The van der Waals surface area contributed by atoms with Crippen LogP contribution >= 0.6 is 11.8 Å².